The van der Waals surface area contributed by atoms with Gasteiger partial charge in [-0.2, -0.15) is 0 Å². The number of imidazole rings is 1. The Morgan fingerprint density at radius 3 is 1.65 bits per heavy atom. The summed E-state index contributed by atoms with van der Waals surface area (Å²) < 4.78 is 17.8. The molecule has 3 aromatic carbocycles. The fraction of sp³-hybridized carbons (Fsp3) is 0.481. The molecule has 68 heavy (non-hydrogen) atoms. The molecule has 3 N–H and O–H groups in total. The zero-order valence-electron chi connectivity index (χ0n) is 40.2. The summed E-state index contributed by atoms with van der Waals surface area (Å²) in [5, 5.41) is 5.68. The molecule has 4 unspecified atom stereocenters. The smallest absolute Gasteiger partial charge is 0.408 e. The molecule has 3 saturated carbocycles. The Morgan fingerprint density at radius 1 is 0.647 bits per heavy atom. The highest BCUT2D eigenvalue weighted by Gasteiger charge is 2.52. The third-order valence-electron chi connectivity index (χ3n) is 14.5. The topological polar surface area (TPSA) is 172 Å². The summed E-state index contributed by atoms with van der Waals surface area (Å²) in [5.74, 6) is 1.78. The summed E-state index contributed by atoms with van der Waals surface area (Å²) in [6.07, 6.45) is 11.7. The Balaban J connectivity index is 0.846. The molecule has 3 aliphatic carbocycles. The first-order valence-electron chi connectivity index (χ1n) is 24.3. The highest BCUT2D eigenvalue weighted by Crippen LogP contribution is 2.59. The number of fused-ring (bicyclic) bond motifs is 3. The van der Waals surface area contributed by atoms with Crippen molar-refractivity contribution in [3.8, 4) is 11.3 Å². The molecule has 2 aliphatic heterocycles. The van der Waals surface area contributed by atoms with E-state index in [-0.39, 0.29) is 34.7 Å². The molecule has 5 aliphatic rings. The van der Waals surface area contributed by atoms with Crippen molar-refractivity contribution in [1.29, 1.82) is 0 Å². The SMILES string of the molecule is CC(C)(C)OC(=O)NC(C(=O)N1CCCC1c1ncc(-c2ccc(C34CCC(c5cnc(C6CCCN6C(=O)C(NC(=O)OC(C)(C)C)c6ccccc6)o5)(CC3)CC4)cc2)[nH]1)c1ccccc1. The molecule has 0 spiro atoms. The molecule has 14 nitrogen and oxygen atoms in total. The van der Waals surface area contributed by atoms with Gasteiger partial charge in [0.25, 0.3) is 11.8 Å². The Labute approximate surface area is 399 Å². The van der Waals surface area contributed by atoms with Gasteiger partial charge in [-0.1, -0.05) is 84.9 Å². The molecule has 5 fully saturated rings. The van der Waals surface area contributed by atoms with Crippen LogP contribution in [0.2, 0.25) is 0 Å². The van der Waals surface area contributed by atoms with Gasteiger partial charge in [-0.05, 0) is 133 Å². The van der Waals surface area contributed by atoms with E-state index in [4.69, 9.17) is 23.9 Å². The largest absolute Gasteiger partial charge is 0.444 e. The van der Waals surface area contributed by atoms with E-state index in [0.717, 1.165) is 87.1 Å². The van der Waals surface area contributed by atoms with Crippen LogP contribution >= 0.6 is 0 Å². The van der Waals surface area contributed by atoms with Gasteiger partial charge in [0.2, 0.25) is 5.89 Å². The van der Waals surface area contributed by atoms with Gasteiger partial charge in [0.05, 0.1) is 24.1 Å². The average Bonchev–Trinajstić information content (AvgIpc) is 4.17. The second kappa shape index (κ2) is 18.6. The number of alkyl carbamates (subject to hydrolysis) is 2. The minimum atomic E-state index is -0.910. The van der Waals surface area contributed by atoms with E-state index in [1.54, 1.807) is 41.5 Å². The second-order valence-corrected chi connectivity index (χ2v) is 21.2. The number of amides is 4. The Kier molecular flexibility index (Phi) is 12.7. The van der Waals surface area contributed by atoms with Crippen molar-refractivity contribution in [3.63, 3.8) is 0 Å². The lowest BCUT2D eigenvalue weighted by molar-refractivity contribution is -0.135. The lowest BCUT2D eigenvalue weighted by Crippen LogP contribution is -2.46. The van der Waals surface area contributed by atoms with Gasteiger partial charge in [-0.15, -0.1) is 0 Å². The summed E-state index contributed by atoms with van der Waals surface area (Å²) in [5.41, 5.74) is 3.20. The minimum absolute atomic E-state index is 0.0812. The highest BCUT2D eigenvalue weighted by molar-refractivity contribution is 5.88. The van der Waals surface area contributed by atoms with Gasteiger partial charge >= 0.3 is 12.2 Å². The monoisotopic (exact) mass is 923 g/mol. The van der Waals surface area contributed by atoms with Crippen molar-refractivity contribution in [1.82, 2.24) is 35.4 Å². The van der Waals surface area contributed by atoms with Gasteiger partial charge in [-0.3, -0.25) is 9.59 Å². The zero-order chi connectivity index (χ0) is 47.8. The number of nitrogens with one attached hydrogen (secondary N) is 3. The van der Waals surface area contributed by atoms with Gasteiger partial charge in [-0.25, -0.2) is 19.6 Å². The van der Waals surface area contributed by atoms with Crippen molar-refractivity contribution in [2.75, 3.05) is 13.1 Å². The summed E-state index contributed by atoms with van der Waals surface area (Å²) in [4.78, 5) is 71.2. The van der Waals surface area contributed by atoms with E-state index in [2.05, 4.69) is 39.9 Å². The van der Waals surface area contributed by atoms with Crippen LogP contribution in [0, 0.1) is 0 Å². The number of carbonyl (C=O) groups excluding carboxylic acids is 4. The first-order valence-corrected chi connectivity index (χ1v) is 24.3. The van der Waals surface area contributed by atoms with E-state index in [0.29, 0.717) is 30.1 Å². The fourth-order valence-corrected chi connectivity index (χ4v) is 11.0. The Hall–Kier alpha value is -6.44. The number of likely N-dealkylation sites (tertiary alicyclic amines) is 2. The third kappa shape index (κ3) is 9.77. The average molecular weight is 924 g/mol. The summed E-state index contributed by atoms with van der Waals surface area (Å²) in [6, 6.07) is 25.1. The maximum absolute atomic E-state index is 14.3. The quantitative estimate of drug-likeness (QED) is 0.117. The Bertz CT molecular complexity index is 2570. The highest BCUT2D eigenvalue weighted by atomic mass is 16.6. The third-order valence-corrected chi connectivity index (χ3v) is 14.5. The number of benzene rings is 3. The standard InChI is InChI=1S/C54H65N7O7/c1-51(2,3)67-49(64)58-43(36-15-9-7-10-16-36)47(62)60-31-13-19-40(60)45-55-33-39(57-45)35-21-23-38(24-22-35)53-25-28-54(29-26-53,30-27-53)42-34-56-46(66-42)41-20-14-32-61(41)48(63)44(37-17-11-8-12-18-37)59-50(65)68-52(4,5)6/h7-12,15-18,21-24,33-34,40-41,43-44H,13-14,19-20,25-32H2,1-6H3,(H,55,57)(H,58,64)(H,59,65). The van der Waals surface area contributed by atoms with Crippen molar-refractivity contribution < 1.29 is 33.1 Å². The van der Waals surface area contributed by atoms with Crippen LogP contribution < -0.4 is 10.6 Å². The number of aromatic nitrogens is 3. The van der Waals surface area contributed by atoms with Crippen molar-refractivity contribution in [2.45, 2.75) is 152 Å². The zero-order valence-corrected chi connectivity index (χ0v) is 40.2. The summed E-state index contributed by atoms with van der Waals surface area (Å²) in [7, 11) is 0. The molecule has 0 radical (unpaired) electrons. The van der Waals surface area contributed by atoms with Crippen LogP contribution in [0.4, 0.5) is 9.59 Å². The number of aromatic amines is 1. The minimum Gasteiger partial charge on any atom is -0.444 e. The maximum atomic E-state index is 14.3. The summed E-state index contributed by atoms with van der Waals surface area (Å²) in [6.45, 7) is 11.9. The molecule has 2 bridgehead atoms. The fourth-order valence-electron chi connectivity index (χ4n) is 11.0. The van der Waals surface area contributed by atoms with Gasteiger partial charge in [0.15, 0.2) is 0 Å². The lowest BCUT2D eigenvalue weighted by Gasteiger charge is -2.53. The molecule has 5 aromatic rings. The van der Waals surface area contributed by atoms with Crippen LogP contribution in [0.15, 0.2) is 102 Å². The molecular formula is C54H65N7O7. The van der Waals surface area contributed by atoms with E-state index >= 15 is 0 Å². The van der Waals surface area contributed by atoms with Crippen molar-refractivity contribution in [2.24, 2.45) is 0 Å². The van der Waals surface area contributed by atoms with E-state index in [1.165, 1.54) is 5.56 Å². The molecule has 358 valence electrons. The molecule has 4 atom stereocenters. The van der Waals surface area contributed by atoms with Crippen LogP contribution in [-0.4, -0.2) is 73.0 Å². The van der Waals surface area contributed by atoms with Crippen LogP contribution in [0.1, 0.15) is 164 Å². The number of rotatable bonds is 11. The van der Waals surface area contributed by atoms with Gasteiger partial charge < -0.3 is 39.3 Å². The normalized spacial score (nSPS) is 23.5. The lowest BCUT2D eigenvalue weighted by atomic mass is 9.51. The van der Waals surface area contributed by atoms with Crippen LogP contribution in [0.3, 0.4) is 0 Å². The molecule has 4 heterocycles. The van der Waals surface area contributed by atoms with Crippen LogP contribution in [0.5, 0.6) is 0 Å². The van der Waals surface area contributed by atoms with Crippen molar-refractivity contribution >= 4 is 24.0 Å². The molecule has 14 heteroatoms. The molecule has 2 saturated heterocycles. The van der Waals surface area contributed by atoms with E-state index in [1.807, 2.05) is 82.9 Å². The molecule has 4 amide bonds. The number of carbonyl (C=O) groups is 4. The van der Waals surface area contributed by atoms with Gasteiger partial charge in [0, 0.05) is 18.5 Å². The van der Waals surface area contributed by atoms with E-state index < -0.39 is 35.5 Å². The number of nitrogens with zero attached hydrogens (tertiary/aromatic N) is 4. The summed E-state index contributed by atoms with van der Waals surface area (Å²) >= 11 is 0. The van der Waals surface area contributed by atoms with Crippen LogP contribution in [0.25, 0.3) is 11.3 Å². The number of oxazole rings is 1. The molecule has 10 rings (SSSR count). The first kappa shape index (κ1) is 46.7. The number of H-pyrrole nitrogens is 1. The number of hydrogen-bond donors (Lipinski definition) is 3. The number of hydrogen-bond acceptors (Lipinski definition) is 9. The molecular weight excluding hydrogens is 859 g/mol. The van der Waals surface area contributed by atoms with Crippen LogP contribution in [-0.2, 0) is 29.9 Å². The Morgan fingerprint density at radius 2 is 1.13 bits per heavy atom. The van der Waals surface area contributed by atoms with Crippen molar-refractivity contribution in [3.05, 3.63) is 131 Å². The second-order valence-electron chi connectivity index (χ2n) is 21.2. The van der Waals surface area contributed by atoms with E-state index in [9.17, 15) is 19.2 Å². The predicted octanol–water partition coefficient (Wildman–Crippen LogP) is 10.5. The molecule has 2 aromatic heterocycles. The predicted molar refractivity (Wildman–Crippen MR) is 256 cm³/mol. The number of ether oxygens (including phenoxy) is 2. The maximum Gasteiger partial charge on any atom is 0.408 e. The first-order chi connectivity index (χ1) is 32.5. The van der Waals surface area contributed by atoms with Gasteiger partial charge in [0.1, 0.15) is 40.9 Å².